The summed E-state index contributed by atoms with van der Waals surface area (Å²) in [6, 6.07) is 9.63. The van der Waals surface area contributed by atoms with Gasteiger partial charge in [0.15, 0.2) is 0 Å². The highest BCUT2D eigenvalue weighted by molar-refractivity contribution is 7.89. The summed E-state index contributed by atoms with van der Waals surface area (Å²) >= 11 is 5.87. The molecule has 0 unspecified atom stereocenters. The summed E-state index contributed by atoms with van der Waals surface area (Å²) in [6.07, 6.45) is 0. The van der Waals surface area contributed by atoms with E-state index in [2.05, 4.69) is 4.72 Å². The highest BCUT2D eigenvalue weighted by atomic mass is 35.5. The van der Waals surface area contributed by atoms with E-state index in [4.69, 9.17) is 11.6 Å². The molecule has 8 heteroatoms. The molecular weight excluding hydrogens is 376 g/mol. The smallest absolute Gasteiger partial charge is 0.261 e. The Morgan fingerprint density at radius 2 is 1.69 bits per heavy atom. The van der Waals surface area contributed by atoms with Gasteiger partial charge in [-0.05, 0) is 49.2 Å². The Morgan fingerprint density at radius 3 is 2.42 bits per heavy atom. The maximum Gasteiger partial charge on any atom is 0.261 e. The standard InChI is InChI=1S/C18H17ClN2O4S/c1-11-3-4-12(2)16(9-11)26(24,25)20-7-8-21-17(22)14-6-5-13(19)10-15(14)18(21)23/h3-6,9-10,20H,7-8H2,1-2H3. The monoisotopic (exact) mass is 392 g/mol. The molecule has 0 saturated heterocycles. The number of nitrogens with zero attached hydrogens (tertiary/aromatic N) is 1. The number of halogens is 1. The van der Waals surface area contributed by atoms with E-state index >= 15 is 0 Å². The molecule has 2 amide bonds. The van der Waals surface area contributed by atoms with Crippen molar-refractivity contribution in [3.8, 4) is 0 Å². The largest absolute Gasteiger partial charge is 0.273 e. The Labute approximate surface area is 156 Å². The minimum atomic E-state index is -3.73. The topological polar surface area (TPSA) is 83.6 Å². The molecule has 136 valence electrons. The lowest BCUT2D eigenvalue weighted by Gasteiger charge is -2.15. The molecule has 0 bridgehead atoms. The predicted octanol–water partition coefficient (Wildman–Crippen LogP) is 2.53. The van der Waals surface area contributed by atoms with E-state index in [1.54, 1.807) is 19.1 Å². The number of sulfonamides is 1. The fourth-order valence-electron chi connectivity index (χ4n) is 2.83. The highest BCUT2D eigenvalue weighted by Gasteiger charge is 2.35. The average molecular weight is 393 g/mol. The first-order valence-electron chi connectivity index (χ1n) is 7.93. The molecule has 1 heterocycles. The Balaban J connectivity index is 1.72. The van der Waals surface area contributed by atoms with Gasteiger partial charge in [-0.1, -0.05) is 23.7 Å². The number of aryl methyl sites for hydroxylation is 2. The zero-order valence-corrected chi connectivity index (χ0v) is 15.8. The van der Waals surface area contributed by atoms with Crippen LogP contribution in [0.25, 0.3) is 0 Å². The summed E-state index contributed by atoms with van der Waals surface area (Å²) in [6.45, 7) is 3.38. The van der Waals surface area contributed by atoms with Gasteiger partial charge >= 0.3 is 0 Å². The summed E-state index contributed by atoms with van der Waals surface area (Å²) in [7, 11) is -3.73. The molecule has 1 N–H and O–H groups in total. The van der Waals surface area contributed by atoms with E-state index in [9.17, 15) is 18.0 Å². The fourth-order valence-corrected chi connectivity index (χ4v) is 4.35. The summed E-state index contributed by atoms with van der Waals surface area (Å²) in [5, 5.41) is 0.363. The molecule has 2 aromatic rings. The minimum Gasteiger partial charge on any atom is -0.273 e. The molecule has 0 radical (unpaired) electrons. The van der Waals surface area contributed by atoms with Crippen molar-refractivity contribution in [1.29, 1.82) is 0 Å². The van der Waals surface area contributed by atoms with Crippen LogP contribution >= 0.6 is 11.6 Å². The molecule has 0 saturated carbocycles. The Bertz CT molecular complexity index is 1020. The van der Waals surface area contributed by atoms with Crippen LogP contribution in [0, 0.1) is 13.8 Å². The number of imide groups is 1. The summed E-state index contributed by atoms with van der Waals surface area (Å²) < 4.78 is 27.4. The molecule has 3 rings (SSSR count). The van der Waals surface area contributed by atoms with E-state index in [0.29, 0.717) is 10.6 Å². The van der Waals surface area contributed by atoms with Crippen LogP contribution in [0.2, 0.25) is 5.02 Å². The average Bonchev–Trinajstić information content (AvgIpc) is 2.81. The number of carbonyl (C=O) groups is 2. The van der Waals surface area contributed by atoms with Gasteiger partial charge in [0.1, 0.15) is 0 Å². The van der Waals surface area contributed by atoms with E-state index < -0.39 is 21.8 Å². The van der Waals surface area contributed by atoms with Crippen LogP contribution in [0.1, 0.15) is 31.8 Å². The predicted molar refractivity (Wildman–Crippen MR) is 97.9 cm³/mol. The van der Waals surface area contributed by atoms with Crippen LogP contribution in [0.5, 0.6) is 0 Å². The third-order valence-electron chi connectivity index (χ3n) is 4.19. The SMILES string of the molecule is Cc1ccc(C)c(S(=O)(=O)NCCN2C(=O)c3ccc(Cl)cc3C2=O)c1. The molecule has 0 atom stereocenters. The van der Waals surface area contributed by atoms with Gasteiger partial charge in [-0.15, -0.1) is 0 Å². The van der Waals surface area contributed by atoms with Crippen molar-refractivity contribution >= 4 is 33.4 Å². The maximum absolute atomic E-state index is 12.5. The molecule has 1 aliphatic heterocycles. The van der Waals surface area contributed by atoms with Crippen molar-refractivity contribution in [2.75, 3.05) is 13.1 Å². The quantitative estimate of drug-likeness (QED) is 0.792. The number of hydrogen-bond donors (Lipinski definition) is 1. The number of fused-ring (bicyclic) bond motifs is 1. The second-order valence-corrected chi connectivity index (χ2v) is 8.29. The molecule has 0 aromatic heterocycles. The second-order valence-electron chi connectivity index (χ2n) is 6.12. The summed E-state index contributed by atoms with van der Waals surface area (Å²) in [4.78, 5) is 25.9. The second kappa shape index (κ2) is 6.83. The zero-order valence-electron chi connectivity index (χ0n) is 14.2. The van der Waals surface area contributed by atoms with Gasteiger partial charge in [0.2, 0.25) is 10.0 Å². The molecule has 0 fully saturated rings. The van der Waals surface area contributed by atoms with E-state index in [1.165, 1.54) is 18.2 Å². The van der Waals surface area contributed by atoms with E-state index in [-0.39, 0.29) is 29.1 Å². The van der Waals surface area contributed by atoms with Gasteiger partial charge in [-0.2, -0.15) is 0 Å². The van der Waals surface area contributed by atoms with Gasteiger partial charge in [-0.25, -0.2) is 13.1 Å². The number of amides is 2. The van der Waals surface area contributed by atoms with Crippen LogP contribution in [-0.2, 0) is 10.0 Å². The summed E-state index contributed by atoms with van der Waals surface area (Å²) in [5.74, 6) is -0.925. The van der Waals surface area contributed by atoms with Crippen LogP contribution in [0.4, 0.5) is 0 Å². The van der Waals surface area contributed by atoms with Crippen molar-refractivity contribution in [1.82, 2.24) is 9.62 Å². The zero-order chi connectivity index (χ0) is 19.1. The van der Waals surface area contributed by atoms with Crippen molar-refractivity contribution < 1.29 is 18.0 Å². The number of carbonyl (C=O) groups excluding carboxylic acids is 2. The van der Waals surface area contributed by atoms with Crippen molar-refractivity contribution in [3.63, 3.8) is 0 Å². The first-order chi connectivity index (χ1) is 12.2. The maximum atomic E-state index is 12.5. The normalized spacial score (nSPS) is 14.0. The third kappa shape index (κ3) is 3.38. The third-order valence-corrected chi connectivity index (χ3v) is 6.03. The van der Waals surface area contributed by atoms with Crippen molar-refractivity contribution in [2.45, 2.75) is 18.7 Å². The van der Waals surface area contributed by atoms with Gasteiger partial charge in [-0.3, -0.25) is 14.5 Å². The molecule has 0 spiro atoms. The van der Waals surface area contributed by atoms with Crippen LogP contribution in [0.15, 0.2) is 41.3 Å². The Hall–Kier alpha value is -2.22. The van der Waals surface area contributed by atoms with Crippen LogP contribution in [-0.4, -0.2) is 38.2 Å². The summed E-state index contributed by atoms with van der Waals surface area (Å²) in [5.41, 5.74) is 1.96. The van der Waals surface area contributed by atoms with Gasteiger partial charge in [0.25, 0.3) is 11.8 Å². The Kier molecular flexibility index (Phi) is 4.88. The van der Waals surface area contributed by atoms with Crippen LogP contribution < -0.4 is 4.72 Å². The first-order valence-corrected chi connectivity index (χ1v) is 9.79. The number of hydrogen-bond acceptors (Lipinski definition) is 4. The lowest BCUT2D eigenvalue weighted by atomic mass is 10.1. The number of benzene rings is 2. The number of nitrogens with one attached hydrogen (secondary N) is 1. The van der Waals surface area contributed by atoms with E-state index in [0.717, 1.165) is 10.5 Å². The molecule has 6 nitrogen and oxygen atoms in total. The first kappa shape index (κ1) is 18.6. The molecule has 0 aliphatic carbocycles. The number of rotatable bonds is 5. The van der Waals surface area contributed by atoms with Crippen LogP contribution in [0.3, 0.4) is 0 Å². The minimum absolute atomic E-state index is 0.0614. The van der Waals surface area contributed by atoms with E-state index in [1.807, 2.05) is 13.0 Å². The molecule has 1 aliphatic rings. The molecule has 2 aromatic carbocycles. The fraction of sp³-hybridized carbons (Fsp3) is 0.222. The molecule has 26 heavy (non-hydrogen) atoms. The van der Waals surface area contributed by atoms with Gasteiger partial charge < -0.3 is 0 Å². The van der Waals surface area contributed by atoms with Gasteiger partial charge in [0, 0.05) is 18.1 Å². The lowest BCUT2D eigenvalue weighted by Crippen LogP contribution is -2.38. The lowest BCUT2D eigenvalue weighted by molar-refractivity contribution is 0.0657. The van der Waals surface area contributed by atoms with Gasteiger partial charge in [0.05, 0.1) is 16.0 Å². The molecular formula is C18H17ClN2O4S. The highest BCUT2D eigenvalue weighted by Crippen LogP contribution is 2.25. The van der Waals surface area contributed by atoms with Crippen molar-refractivity contribution in [3.05, 3.63) is 63.7 Å². The van der Waals surface area contributed by atoms with Crippen molar-refractivity contribution in [2.24, 2.45) is 0 Å². The Morgan fingerprint density at radius 1 is 1.00 bits per heavy atom.